The molecule has 0 aliphatic rings. The quantitative estimate of drug-likeness (QED) is 0.644. The van der Waals surface area contributed by atoms with Crippen LogP contribution in [0.5, 0.6) is 0 Å². The third-order valence-corrected chi connectivity index (χ3v) is 4.00. The van der Waals surface area contributed by atoms with Crippen LogP contribution in [-0.4, -0.2) is 14.8 Å². The molecule has 5 nitrogen and oxygen atoms in total. The van der Waals surface area contributed by atoms with Crippen LogP contribution in [0.25, 0.3) is 0 Å². The van der Waals surface area contributed by atoms with Gasteiger partial charge in [0.15, 0.2) is 0 Å². The first-order valence-electron chi connectivity index (χ1n) is 6.90. The van der Waals surface area contributed by atoms with E-state index in [0.717, 1.165) is 24.1 Å². The zero-order valence-corrected chi connectivity index (χ0v) is 12.6. The zero-order chi connectivity index (χ0) is 14.7. The van der Waals surface area contributed by atoms with Crippen LogP contribution in [0.2, 0.25) is 0 Å². The molecule has 0 fully saturated rings. The van der Waals surface area contributed by atoms with Gasteiger partial charge in [-0.05, 0) is 56.4 Å². The number of nitrogens with zero attached hydrogens (tertiary/aromatic N) is 3. The first-order valence-corrected chi connectivity index (χ1v) is 6.90. The molecule has 108 valence electrons. The lowest BCUT2D eigenvalue weighted by Gasteiger charge is -2.18. The number of aromatic nitrogens is 3. The molecular formula is C15H23N5. The highest BCUT2D eigenvalue weighted by Gasteiger charge is 2.15. The molecule has 0 aliphatic heterocycles. The van der Waals surface area contributed by atoms with E-state index in [-0.39, 0.29) is 6.04 Å². The van der Waals surface area contributed by atoms with Gasteiger partial charge in [0.2, 0.25) is 0 Å². The molecule has 2 aromatic heterocycles. The van der Waals surface area contributed by atoms with Crippen molar-refractivity contribution in [3.63, 3.8) is 0 Å². The van der Waals surface area contributed by atoms with Crippen molar-refractivity contribution in [2.24, 2.45) is 12.9 Å². The van der Waals surface area contributed by atoms with Gasteiger partial charge >= 0.3 is 0 Å². The van der Waals surface area contributed by atoms with Crippen LogP contribution >= 0.6 is 0 Å². The van der Waals surface area contributed by atoms with Crippen molar-refractivity contribution >= 4 is 0 Å². The van der Waals surface area contributed by atoms with E-state index in [1.807, 2.05) is 30.2 Å². The van der Waals surface area contributed by atoms with E-state index in [4.69, 9.17) is 5.84 Å². The Morgan fingerprint density at radius 2 is 2.10 bits per heavy atom. The maximum absolute atomic E-state index is 5.72. The van der Waals surface area contributed by atoms with Crippen molar-refractivity contribution in [2.45, 2.75) is 39.7 Å². The minimum atomic E-state index is 0.114. The Bertz CT molecular complexity index is 588. The Morgan fingerprint density at radius 1 is 1.35 bits per heavy atom. The van der Waals surface area contributed by atoms with Crippen molar-refractivity contribution in [3.05, 3.63) is 46.5 Å². The molecule has 0 aromatic carbocycles. The third-order valence-electron chi connectivity index (χ3n) is 4.00. The lowest BCUT2D eigenvalue weighted by Crippen LogP contribution is -2.29. The maximum atomic E-state index is 5.72. The summed E-state index contributed by atoms with van der Waals surface area (Å²) in [5.41, 5.74) is 8.92. The molecule has 0 saturated carbocycles. The highest BCUT2D eigenvalue weighted by atomic mass is 15.3. The summed E-state index contributed by atoms with van der Waals surface area (Å²) in [5.74, 6) is 5.72. The fourth-order valence-electron chi connectivity index (χ4n) is 2.64. The molecule has 0 radical (unpaired) electrons. The molecule has 20 heavy (non-hydrogen) atoms. The number of nitrogens with two attached hydrogens (primary N) is 1. The van der Waals surface area contributed by atoms with Crippen LogP contribution in [-0.2, 0) is 13.5 Å². The number of nitrogens with one attached hydrogen (secondary N) is 1. The minimum Gasteiger partial charge on any atom is -0.272 e. The second-order valence-corrected chi connectivity index (χ2v) is 5.26. The van der Waals surface area contributed by atoms with E-state index in [1.165, 1.54) is 16.8 Å². The summed E-state index contributed by atoms with van der Waals surface area (Å²) < 4.78 is 1.94. The molecule has 0 aliphatic carbocycles. The van der Waals surface area contributed by atoms with Gasteiger partial charge < -0.3 is 0 Å². The standard InChI is InChI=1S/C15H23N5/c1-10-7-8-17-9-14(10)15(18-16)6-5-13-11(2)19-20(4)12(13)3/h7-9,15,18H,5-6,16H2,1-4H3. The second kappa shape index (κ2) is 6.15. The highest BCUT2D eigenvalue weighted by molar-refractivity contribution is 5.27. The Labute approximate surface area is 120 Å². The fourth-order valence-corrected chi connectivity index (χ4v) is 2.64. The summed E-state index contributed by atoms with van der Waals surface area (Å²) in [7, 11) is 1.98. The molecule has 1 atom stereocenters. The molecule has 3 N–H and O–H groups in total. The number of hydrogen-bond donors (Lipinski definition) is 2. The van der Waals surface area contributed by atoms with Crippen LogP contribution in [0.3, 0.4) is 0 Å². The van der Waals surface area contributed by atoms with Gasteiger partial charge in [-0.2, -0.15) is 5.10 Å². The predicted octanol–water partition coefficient (Wildman–Crippen LogP) is 1.88. The van der Waals surface area contributed by atoms with Gasteiger partial charge in [0.05, 0.1) is 5.69 Å². The summed E-state index contributed by atoms with van der Waals surface area (Å²) in [6.07, 6.45) is 5.58. The molecule has 5 heteroatoms. The van der Waals surface area contributed by atoms with Crippen molar-refractivity contribution in [3.8, 4) is 0 Å². The average molecular weight is 273 g/mol. The summed E-state index contributed by atoms with van der Waals surface area (Å²) in [6, 6.07) is 2.13. The average Bonchev–Trinajstić information content (AvgIpc) is 2.67. The van der Waals surface area contributed by atoms with E-state index in [9.17, 15) is 0 Å². The van der Waals surface area contributed by atoms with E-state index >= 15 is 0 Å². The van der Waals surface area contributed by atoms with E-state index < -0.39 is 0 Å². The summed E-state index contributed by atoms with van der Waals surface area (Å²) >= 11 is 0. The van der Waals surface area contributed by atoms with Crippen molar-refractivity contribution in [1.82, 2.24) is 20.2 Å². The molecule has 0 spiro atoms. The van der Waals surface area contributed by atoms with E-state index in [2.05, 4.69) is 36.3 Å². The topological polar surface area (TPSA) is 68.8 Å². The van der Waals surface area contributed by atoms with Crippen molar-refractivity contribution in [1.29, 1.82) is 0 Å². The molecule has 1 unspecified atom stereocenters. The van der Waals surface area contributed by atoms with Crippen LogP contribution in [0.4, 0.5) is 0 Å². The first kappa shape index (κ1) is 14.7. The first-order chi connectivity index (χ1) is 9.54. The van der Waals surface area contributed by atoms with E-state index in [0.29, 0.717) is 0 Å². The van der Waals surface area contributed by atoms with Crippen molar-refractivity contribution < 1.29 is 0 Å². The number of pyridine rings is 1. The van der Waals surface area contributed by atoms with Gasteiger partial charge in [-0.3, -0.25) is 20.9 Å². The van der Waals surface area contributed by atoms with Crippen LogP contribution in [0.15, 0.2) is 18.5 Å². The molecule has 0 bridgehead atoms. The summed E-state index contributed by atoms with van der Waals surface area (Å²) in [4.78, 5) is 4.20. The number of hydrazine groups is 1. The van der Waals surface area contributed by atoms with E-state index in [1.54, 1.807) is 0 Å². The Kier molecular flexibility index (Phi) is 4.52. The molecule has 0 saturated heterocycles. The largest absolute Gasteiger partial charge is 0.272 e. The molecular weight excluding hydrogens is 250 g/mol. The lowest BCUT2D eigenvalue weighted by molar-refractivity contribution is 0.511. The smallest absolute Gasteiger partial charge is 0.0628 e. The Hall–Kier alpha value is -1.72. The van der Waals surface area contributed by atoms with Gasteiger partial charge in [0.25, 0.3) is 0 Å². The fraction of sp³-hybridized carbons (Fsp3) is 0.467. The van der Waals surface area contributed by atoms with Crippen molar-refractivity contribution in [2.75, 3.05) is 0 Å². The maximum Gasteiger partial charge on any atom is 0.0628 e. The third kappa shape index (κ3) is 2.89. The predicted molar refractivity (Wildman–Crippen MR) is 80.0 cm³/mol. The highest BCUT2D eigenvalue weighted by Crippen LogP contribution is 2.23. The molecule has 2 rings (SSSR count). The van der Waals surface area contributed by atoms with Gasteiger partial charge in [0, 0.05) is 31.2 Å². The minimum absolute atomic E-state index is 0.114. The van der Waals surface area contributed by atoms with Crippen LogP contribution < -0.4 is 11.3 Å². The van der Waals surface area contributed by atoms with Gasteiger partial charge in [-0.1, -0.05) is 0 Å². The second-order valence-electron chi connectivity index (χ2n) is 5.26. The lowest BCUT2D eigenvalue weighted by atomic mass is 9.97. The van der Waals surface area contributed by atoms with Crippen LogP contribution in [0, 0.1) is 20.8 Å². The van der Waals surface area contributed by atoms with Gasteiger partial charge in [-0.15, -0.1) is 0 Å². The monoisotopic (exact) mass is 273 g/mol. The summed E-state index contributed by atoms with van der Waals surface area (Å²) in [6.45, 7) is 6.25. The molecule has 0 amide bonds. The normalized spacial score (nSPS) is 12.7. The SMILES string of the molecule is Cc1ccncc1C(CCc1c(C)nn(C)c1C)NN. The Balaban J connectivity index is 2.14. The number of rotatable bonds is 5. The zero-order valence-electron chi connectivity index (χ0n) is 12.6. The Morgan fingerprint density at radius 3 is 2.65 bits per heavy atom. The number of aryl methyl sites for hydroxylation is 3. The molecule has 2 aromatic rings. The van der Waals surface area contributed by atoms with Gasteiger partial charge in [-0.25, -0.2) is 0 Å². The summed E-state index contributed by atoms with van der Waals surface area (Å²) in [5, 5.41) is 4.46. The number of hydrogen-bond acceptors (Lipinski definition) is 4. The van der Waals surface area contributed by atoms with Crippen LogP contribution in [0.1, 0.15) is 40.5 Å². The molecule has 2 heterocycles. The van der Waals surface area contributed by atoms with Gasteiger partial charge in [0.1, 0.15) is 0 Å².